The number of nitrogens with zero attached hydrogens (tertiary/aromatic N) is 2. The van der Waals surface area contributed by atoms with Crippen LogP contribution in [0.5, 0.6) is 0 Å². The highest BCUT2D eigenvalue weighted by Gasteiger charge is 2.06. The van der Waals surface area contributed by atoms with Gasteiger partial charge in [0, 0.05) is 26.7 Å². The van der Waals surface area contributed by atoms with Gasteiger partial charge in [0.15, 0.2) is 0 Å². The van der Waals surface area contributed by atoms with Crippen molar-refractivity contribution in [1.29, 1.82) is 0 Å². The van der Waals surface area contributed by atoms with Crippen LogP contribution in [-0.4, -0.2) is 48.4 Å². The number of nitrogens with one attached hydrogen (secondary N) is 2. The Morgan fingerprint density at radius 1 is 1.30 bits per heavy atom. The van der Waals surface area contributed by atoms with Crippen LogP contribution < -0.4 is 10.7 Å². The van der Waals surface area contributed by atoms with Gasteiger partial charge in [0.1, 0.15) is 0 Å². The van der Waals surface area contributed by atoms with Crippen molar-refractivity contribution in [2.75, 3.05) is 27.2 Å². The molecular formula is C17H26N4OS. The lowest BCUT2D eigenvalue weighted by Gasteiger charge is -2.20. The zero-order valence-corrected chi connectivity index (χ0v) is 14.9. The molecule has 0 amide bonds. The molecular weight excluding hydrogens is 308 g/mol. The van der Waals surface area contributed by atoms with Gasteiger partial charge in [0.2, 0.25) is 0 Å². The molecule has 1 heterocycles. The fourth-order valence-electron chi connectivity index (χ4n) is 2.34. The predicted octanol–water partition coefficient (Wildman–Crippen LogP) is 2.03. The molecule has 5 nitrogen and oxygen atoms in total. The van der Waals surface area contributed by atoms with Crippen molar-refractivity contribution in [3.05, 3.63) is 41.0 Å². The van der Waals surface area contributed by atoms with Crippen LogP contribution >= 0.6 is 11.3 Å². The van der Waals surface area contributed by atoms with Gasteiger partial charge in [-0.15, -0.1) is 11.3 Å². The summed E-state index contributed by atoms with van der Waals surface area (Å²) in [5.41, 5.74) is 8.78. The van der Waals surface area contributed by atoms with Gasteiger partial charge in [-0.1, -0.05) is 24.3 Å². The van der Waals surface area contributed by atoms with Crippen molar-refractivity contribution in [3.8, 4) is 10.4 Å². The molecule has 23 heavy (non-hydrogen) atoms. The quantitative estimate of drug-likeness (QED) is 0.613. The lowest BCUT2D eigenvalue weighted by Crippen LogP contribution is -2.37. The van der Waals surface area contributed by atoms with E-state index < -0.39 is 0 Å². The van der Waals surface area contributed by atoms with E-state index in [1.807, 2.05) is 31.5 Å². The third-order valence-electron chi connectivity index (χ3n) is 3.75. The number of aromatic nitrogens is 1. The molecule has 1 aromatic heterocycles. The molecule has 0 bridgehead atoms. The normalized spacial score (nSPS) is 12.7. The lowest BCUT2D eigenvalue weighted by atomic mass is 10.1. The van der Waals surface area contributed by atoms with Crippen LogP contribution in [-0.2, 0) is 6.54 Å². The number of aliphatic hydroxyl groups excluding tert-OH is 1. The topological polar surface area (TPSA) is 60.4 Å². The third-order valence-corrected chi connectivity index (χ3v) is 4.73. The maximum Gasteiger partial charge on any atom is 0.0801 e. The Bertz CT molecular complexity index is 585. The minimum absolute atomic E-state index is 0.300. The van der Waals surface area contributed by atoms with E-state index in [-0.39, 0.29) is 6.10 Å². The van der Waals surface area contributed by atoms with Gasteiger partial charge in [-0.25, -0.2) is 9.99 Å². The average Bonchev–Trinajstić information content (AvgIpc) is 2.98. The molecule has 3 N–H and O–H groups in total. The first-order valence-electron chi connectivity index (χ1n) is 7.87. The first-order valence-corrected chi connectivity index (χ1v) is 8.75. The number of hydrogen-bond acceptors (Lipinski definition) is 6. The van der Waals surface area contributed by atoms with E-state index in [0.29, 0.717) is 6.54 Å². The molecule has 1 unspecified atom stereocenters. The minimum Gasteiger partial charge on any atom is -0.392 e. The van der Waals surface area contributed by atoms with Crippen molar-refractivity contribution in [1.82, 2.24) is 20.7 Å². The summed E-state index contributed by atoms with van der Waals surface area (Å²) in [4.78, 5) is 5.53. The van der Waals surface area contributed by atoms with E-state index in [1.165, 1.54) is 16.0 Å². The SMILES string of the molecule is CNCC(O)CCN(C)NCc1ccc(-c2scnc2C)cc1. The second-order valence-electron chi connectivity index (χ2n) is 5.72. The van der Waals surface area contributed by atoms with Gasteiger partial charge < -0.3 is 10.4 Å². The summed E-state index contributed by atoms with van der Waals surface area (Å²) < 4.78 is 0. The van der Waals surface area contributed by atoms with Crippen LogP contribution in [0.25, 0.3) is 10.4 Å². The average molecular weight is 334 g/mol. The summed E-state index contributed by atoms with van der Waals surface area (Å²) in [5, 5.41) is 14.7. The molecule has 0 fully saturated rings. The molecule has 1 atom stereocenters. The fourth-order valence-corrected chi connectivity index (χ4v) is 3.15. The van der Waals surface area contributed by atoms with E-state index in [1.54, 1.807) is 11.3 Å². The van der Waals surface area contributed by atoms with Crippen molar-refractivity contribution in [2.45, 2.75) is 26.0 Å². The molecule has 0 radical (unpaired) electrons. The van der Waals surface area contributed by atoms with E-state index in [2.05, 4.69) is 40.0 Å². The first kappa shape index (κ1) is 18.0. The third kappa shape index (κ3) is 5.67. The number of thiazole rings is 1. The minimum atomic E-state index is -0.300. The molecule has 1 aromatic carbocycles. The van der Waals surface area contributed by atoms with Crippen molar-refractivity contribution >= 4 is 11.3 Å². The summed E-state index contributed by atoms with van der Waals surface area (Å²) >= 11 is 1.68. The summed E-state index contributed by atoms with van der Waals surface area (Å²) in [5.74, 6) is 0. The van der Waals surface area contributed by atoms with E-state index in [0.717, 1.165) is 25.2 Å². The van der Waals surface area contributed by atoms with Crippen LogP contribution in [0.2, 0.25) is 0 Å². The summed E-state index contributed by atoms with van der Waals surface area (Å²) in [6, 6.07) is 8.58. The van der Waals surface area contributed by atoms with E-state index >= 15 is 0 Å². The van der Waals surface area contributed by atoms with E-state index in [9.17, 15) is 5.11 Å². The van der Waals surface area contributed by atoms with Crippen LogP contribution in [0.1, 0.15) is 17.7 Å². The Morgan fingerprint density at radius 3 is 2.65 bits per heavy atom. The highest BCUT2D eigenvalue weighted by atomic mass is 32.1. The molecule has 2 rings (SSSR count). The Morgan fingerprint density at radius 2 is 2.04 bits per heavy atom. The molecule has 126 valence electrons. The number of aliphatic hydroxyl groups is 1. The van der Waals surface area contributed by atoms with Crippen LogP contribution in [0, 0.1) is 6.92 Å². The standard InChI is InChI=1S/C17H26N4OS/c1-13-17(23-12-19-13)15-6-4-14(5-7-15)10-20-21(3)9-8-16(22)11-18-2/h4-7,12,16,18,20,22H,8-11H2,1-3H3. The second kappa shape index (κ2) is 9.10. The van der Waals surface area contributed by atoms with Gasteiger partial charge in [0.25, 0.3) is 0 Å². The smallest absolute Gasteiger partial charge is 0.0801 e. The largest absolute Gasteiger partial charge is 0.392 e. The molecule has 0 saturated carbocycles. The number of aryl methyl sites for hydroxylation is 1. The Hall–Kier alpha value is -1.31. The molecule has 2 aromatic rings. The second-order valence-corrected chi connectivity index (χ2v) is 6.58. The highest BCUT2D eigenvalue weighted by Crippen LogP contribution is 2.27. The number of hydrogen-bond donors (Lipinski definition) is 3. The summed E-state index contributed by atoms with van der Waals surface area (Å²) in [6.45, 7) is 4.26. The lowest BCUT2D eigenvalue weighted by molar-refractivity contribution is 0.131. The predicted molar refractivity (Wildman–Crippen MR) is 96.3 cm³/mol. The van der Waals surface area contributed by atoms with Crippen LogP contribution in [0.4, 0.5) is 0 Å². The fraction of sp³-hybridized carbons (Fsp3) is 0.471. The van der Waals surface area contributed by atoms with E-state index in [4.69, 9.17) is 0 Å². The molecule has 0 aliphatic carbocycles. The number of likely N-dealkylation sites (N-methyl/N-ethyl adjacent to an activating group) is 1. The van der Waals surface area contributed by atoms with Gasteiger partial charge in [0.05, 0.1) is 22.2 Å². The monoisotopic (exact) mass is 334 g/mol. The van der Waals surface area contributed by atoms with Crippen molar-refractivity contribution < 1.29 is 5.11 Å². The number of benzene rings is 1. The number of hydrazine groups is 1. The van der Waals surface area contributed by atoms with Crippen LogP contribution in [0.3, 0.4) is 0 Å². The van der Waals surface area contributed by atoms with Crippen LogP contribution in [0.15, 0.2) is 29.8 Å². The zero-order chi connectivity index (χ0) is 16.7. The molecule has 6 heteroatoms. The van der Waals surface area contributed by atoms with Gasteiger partial charge in [-0.05, 0) is 31.5 Å². The molecule has 0 aliphatic rings. The molecule has 0 aliphatic heterocycles. The number of rotatable bonds is 9. The maximum absolute atomic E-state index is 9.71. The molecule has 0 spiro atoms. The Balaban J connectivity index is 1.79. The first-order chi connectivity index (χ1) is 11.1. The van der Waals surface area contributed by atoms with Gasteiger partial charge in [-0.3, -0.25) is 5.43 Å². The summed E-state index contributed by atoms with van der Waals surface area (Å²) in [6.07, 6.45) is 0.444. The van der Waals surface area contributed by atoms with Gasteiger partial charge >= 0.3 is 0 Å². The Kier molecular flexibility index (Phi) is 7.14. The van der Waals surface area contributed by atoms with Gasteiger partial charge in [-0.2, -0.15) is 0 Å². The van der Waals surface area contributed by atoms with Crippen molar-refractivity contribution in [2.24, 2.45) is 0 Å². The maximum atomic E-state index is 9.71. The molecule has 0 saturated heterocycles. The summed E-state index contributed by atoms with van der Waals surface area (Å²) in [7, 11) is 3.85. The Labute approximate surface area is 142 Å². The van der Waals surface area contributed by atoms with Crippen molar-refractivity contribution in [3.63, 3.8) is 0 Å². The highest BCUT2D eigenvalue weighted by molar-refractivity contribution is 7.13. The zero-order valence-electron chi connectivity index (χ0n) is 14.0.